The second kappa shape index (κ2) is 9.09. The molecule has 0 saturated carbocycles. The SMILES string of the molecule is Cc1cc(C=Cc2cc(C(=S)Oc3ccc(F)cc3)cc(N(C)C)c2)cc(C)c1O. The molecule has 0 radical (unpaired) electrons. The van der Waals surface area contributed by atoms with Crippen molar-refractivity contribution in [1.29, 1.82) is 0 Å². The molecule has 0 saturated heterocycles. The summed E-state index contributed by atoms with van der Waals surface area (Å²) in [5, 5.41) is 10.3. The lowest BCUT2D eigenvalue weighted by Crippen LogP contribution is -2.12. The van der Waals surface area contributed by atoms with Crippen LogP contribution in [0.4, 0.5) is 10.1 Å². The Kier molecular flexibility index (Phi) is 6.53. The molecule has 3 nitrogen and oxygen atoms in total. The van der Waals surface area contributed by atoms with Gasteiger partial charge in [-0.05, 0) is 103 Å². The van der Waals surface area contributed by atoms with Gasteiger partial charge in [-0.3, -0.25) is 0 Å². The highest BCUT2D eigenvalue weighted by atomic mass is 32.1. The van der Waals surface area contributed by atoms with Crippen LogP contribution in [0.5, 0.6) is 11.5 Å². The molecule has 0 aliphatic rings. The van der Waals surface area contributed by atoms with Crippen LogP contribution in [-0.4, -0.2) is 24.3 Å². The molecule has 0 aromatic heterocycles. The topological polar surface area (TPSA) is 32.7 Å². The fourth-order valence-electron chi connectivity index (χ4n) is 3.05. The molecule has 0 atom stereocenters. The highest BCUT2D eigenvalue weighted by molar-refractivity contribution is 7.80. The maximum absolute atomic E-state index is 13.1. The summed E-state index contributed by atoms with van der Waals surface area (Å²) < 4.78 is 18.9. The molecule has 0 bridgehead atoms. The number of benzene rings is 3. The molecule has 0 fully saturated rings. The van der Waals surface area contributed by atoms with Crippen molar-refractivity contribution in [2.24, 2.45) is 0 Å². The number of hydrogen-bond donors (Lipinski definition) is 1. The van der Waals surface area contributed by atoms with Crippen LogP contribution in [0.25, 0.3) is 12.2 Å². The van der Waals surface area contributed by atoms with E-state index in [9.17, 15) is 9.50 Å². The van der Waals surface area contributed by atoms with Crippen molar-refractivity contribution < 1.29 is 14.2 Å². The quantitative estimate of drug-likeness (QED) is 0.396. The van der Waals surface area contributed by atoms with Gasteiger partial charge in [0, 0.05) is 25.3 Å². The van der Waals surface area contributed by atoms with E-state index in [1.165, 1.54) is 12.1 Å². The average molecular weight is 422 g/mol. The van der Waals surface area contributed by atoms with Gasteiger partial charge < -0.3 is 14.7 Å². The number of halogens is 1. The fourth-order valence-corrected chi connectivity index (χ4v) is 3.27. The molecule has 0 heterocycles. The van der Waals surface area contributed by atoms with E-state index in [-0.39, 0.29) is 5.82 Å². The monoisotopic (exact) mass is 421 g/mol. The molecule has 0 spiro atoms. The highest BCUT2D eigenvalue weighted by Gasteiger charge is 2.09. The van der Waals surface area contributed by atoms with Crippen LogP contribution in [0.3, 0.4) is 0 Å². The minimum absolute atomic E-state index is 0.316. The van der Waals surface area contributed by atoms with E-state index >= 15 is 0 Å². The summed E-state index contributed by atoms with van der Waals surface area (Å²) in [5.41, 5.74) is 5.39. The molecule has 5 heteroatoms. The van der Waals surface area contributed by atoms with Gasteiger partial charge in [-0.15, -0.1) is 0 Å². The standard InChI is InChI=1S/C25H24FNO2S/c1-16-11-18(12-17(2)24(16)28)5-6-19-13-20(15-22(14-19)27(3)4)25(30)29-23-9-7-21(26)8-10-23/h5-15,28H,1-4H3. The van der Waals surface area contributed by atoms with Crippen molar-refractivity contribution >= 4 is 35.1 Å². The normalized spacial score (nSPS) is 11.0. The lowest BCUT2D eigenvalue weighted by Gasteiger charge is -2.16. The summed E-state index contributed by atoms with van der Waals surface area (Å²) >= 11 is 5.48. The van der Waals surface area contributed by atoms with Crippen LogP contribution in [0.2, 0.25) is 0 Å². The Hall–Kier alpha value is -3.18. The largest absolute Gasteiger partial charge is 0.507 e. The average Bonchev–Trinajstić information content (AvgIpc) is 2.71. The van der Waals surface area contributed by atoms with Crippen molar-refractivity contribution in [2.45, 2.75) is 13.8 Å². The molecule has 30 heavy (non-hydrogen) atoms. The van der Waals surface area contributed by atoms with E-state index in [1.807, 2.05) is 69.3 Å². The zero-order valence-electron chi connectivity index (χ0n) is 17.4. The third kappa shape index (κ3) is 5.24. The van der Waals surface area contributed by atoms with Crippen LogP contribution in [0.1, 0.15) is 27.8 Å². The number of rotatable bonds is 5. The number of anilines is 1. The van der Waals surface area contributed by atoms with Crippen molar-refractivity contribution in [3.05, 3.63) is 88.2 Å². The van der Waals surface area contributed by atoms with Crippen LogP contribution in [0, 0.1) is 19.7 Å². The molecule has 3 rings (SSSR count). The summed E-state index contributed by atoms with van der Waals surface area (Å²) in [6.07, 6.45) is 4.00. The van der Waals surface area contributed by atoms with Crippen molar-refractivity contribution in [1.82, 2.24) is 0 Å². The van der Waals surface area contributed by atoms with Gasteiger partial charge in [0.2, 0.25) is 0 Å². The summed E-state index contributed by atoms with van der Waals surface area (Å²) in [6.45, 7) is 3.77. The lowest BCUT2D eigenvalue weighted by molar-refractivity contribution is 0.467. The second-order valence-corrected chi connectivity index (χ2v) is 7.76. The Labute approximate surface area is 182 Å². The number of phenols is 1. The van der Waals surface area contributed by atoms with E-state index < -0.39 is 0 Å². The van der Waals surface area contributed by atoms with Crippen molar-refractivity contribution in [3.63, 3.8) is 0 Å². The maximum Gasteiger partial charge on any atom is 0.198 e. The van der Waals surface area contributed by atoms with E-state index in [0.717, 1.165) is 33.5 Å². The van der Waals surface area contributed by atoms with Crippen molar-refractivity contribution in [2.75, 3.05) is 19.0 Å². The Morgan fingerprint density at radius 2 is 1.50 bits per heavy atom. The molecule has 0 amide bonds. The number of aromatic hydroxyl groups is 1. The van der Waals surface area contributed by atoms with Crippen LogP contribution in [0.15, 0.2) is 54.6 Å². The first-order valence-corrected chi connectivity index (χ1v) is 9.92. The van der Waals surface area contributed by atoms with Gasteiger partial charge in [0.15, 0.2) is 5.05 Å². The van der Waals surface area contributed by atoms with E-state index in [0.29, 0.717) is 16.5 Å². The Balaban J connectivity index is 1.90. The number of nitrogens with zero attached hydrogens (tertiary/aromatic N) is 1. The first kappa shape index (κ1) is 21.5. The molecule has 154 valence electrons. The predicted octanol–water partition coefficient (Wildman–Crippen LogP) is 6.14. The van der Waals surface area contributed by atoms with Gasteiger partial charge in [-0.1, -0.05) is 12.2 Å². The van der Waals surface area contributed by atoms with Crippen LogP contribution in [-0.2, 0) is 0 Å². The number of hydrogen-bond acceptors (Lipinski definition) is 4. The first-order chi connectivity index (χ1) is 14.2. The Morgan fingerprint density at radius 3 is 2.07 bits per heavy atom. The molecular weight excluding hydrogens is 397 g/mol. The van der Waals surface area contributed by atoms with Crippen LogP contribution >= 0.6 is 12.2 Å². The molecule has 3 aromatic carbocycles. The Bertz CT molecular complexity index is 1080. The van der Waals surface area contributed by atoms with Gasteiger partial charge in [0.25, 0.3) is 0 Å². The van der Waals surface area contributed by atoms with E-state index in [4.69, 9.17) is 17.0 Å². The predicted molar refractivity (Wildman–Crippen MR) is 126 cm³/mol. The fraction of sp³-hybridized carbons (Fsp3) is 0.160. The molecular formula is C25H24FNO2S. The molecule has 3 aromatic rings. The maximum atomic E-state index is 13.1. The zero-order valence-corrected chi connectivity index (χ0v) is 18.3. The van der Waals surface area contributed by atoms with Gasteiger partial charge >= 0.3 is 0 Å². The molecule has 0 unspecified atom stereocenters. The summed E-state index contributed by atoms with van der Waals surface area (Å²) in [4.78, 5) is 2.00. The third-order valence-corrected chi connectivity index (χ3v) is 5.02. The van der Waals surface area contributed by atoms with Crippen LogP contribution < -0.4 is 9.64 Å². The summed E-state index contributed by atoms with van der Waals surface area (Å²) in [5.74, 6) is 0.492. The lowest BCUT2D eigenvalue weighted by atomic mass is 10.0. The minimum Gasteiger partial charge on any atom is -0.507 e. The highest BCUT2D eigenvalue weighted by Crippen LogP contribution is 2.25. The first-order valence-electron chi connectivity index (χ1n) is 9.51. The van der Waals surface area contributed by atoms with Gasteiger partial charge in [0.1, 0.15) is 17.3 Å². The number of aryl methyl sites for hydroxylation is 2. The van der Waals surface area contributed by atoms with Gasteiger partial charge in [0.05, 0.1) is 0 Å². The Morgan fingerprint density at radius 1 is 0.933 bits per heavy atom. The number of thiocarbonyl (C=S) groups is 1. The zero-order chi connectivity index (χ0) is 21.8. The van der Waals surface area contributed by atoms with E-state index in [2.05, 4.69) is 6.07 Å². The van der Waals surface area contributed by atoms with Crippen molar-refractivity contribution in [3.8, 4) is 11.5 Å². The molecule has 0 aliphatic heterocycles. The summed E-state index contributed by atoms with van der Waals surface area (Å²) in [6, 6.07) is 15.6. The third-order valence-electron chi connectivity index (χ3n) is 4.70. The smallest absolute Gasteiger partial charge is 0.198 e. The van der Waals surface area contributed by atoms with Gasteiger partial charge in [-0.25, -0.2) is 4.39 Å². The second-order valence-electron chi connectivity index (χ2n) is 7.39. The molecule has 1 N–H and O–H groups in total. The van der Waals surface area contributed by atoms with E-state index in [1.54, 1.807) is 12.1 Å². The number of phenolic OH excluding ortho intramolecular Hbond substituents is 1. The molecule has 0 aliphatic carbocycles. The summed E-state index contributed by atoms with van der Waals surface area (Å²) in [7, 11) is 3.92. The van der Waals surface area contributed by atoms with Gasteiger partial charge in [-0.2, -0.15) is 0 Å². The number of ether oxygens (including phenoxy) is 1. The minimum atomic E-state index is -0.324.